The molecule has 18 heavy (non-hydrogen) atoms. The van der Waals surface area contributed by atoms with Crippen LogP contribution < -0.4 is 11.1 Å². The number of hydrogen-bond donors (Lipinski definition) is 2. The largest absolute Gasteiger partial charge is 0.398 e. The van der Waals surface area contributed by atoms with Crippen LogP contribution in [0.1, 0.15) is 15.9 Å². The van der Waals surface area contributed by atoms with Gasteiger partial charge in [0.05, 0.1) is 16.3 Å². The molecule has 1 amide bonds. The summed E-state index contributed by atoms with van der Waals surface area (Å²) in [4.78, 5) is 16.0. The second-order valence-corrected chi connectivity index (χ2v) is 4.23. The van der Waals surface area contributed by atoms with Gasteiger partial charge in [0.2, 0.25) is 0 Å². The Balaban J connectivity index is 2.28. The number of nitrogen functional groups attached to an aromatic ring is 1. The summed E-state index contributed by atoms with van der Waals surface area (Å²) in [5, 5.41) is 3.04. The summed E-state index contributed by atoms with van der Waals surface area (Å²) in [6.07, 6.45) is 3.29. The summed E-state index contributed by atoms with van der Waals surface area (Å²) in [6, 6.07) is 6.70. The summed E-state index contributed by atoms with van der Waals surface area (Å²) in [5.41, 5.74) is 7.98. The fourth-order valence-corrected chi connectivity index (χ4v) is 1.74. The maximum absolute atomic E-state index is 12.1. The predicted octanol–water partition coefficient (Wildman–Crippen LogP) is 2.88. The van der Waals surface area contributed by atoms with Gasteiger partial charge in [-0.3, -0.25) is 9.78 Å². The van der Waals surface area contributed by atoms with Crippen molar-refractivity contribution in [1.29, 1.82) is 0 Å². The Bertz CT molecular complexity index is 599. The molecule has 1 heterocycles. The van der Waals surface area contributed by atoms with Crippen molar-refractivity contribution in [2.45, 2.75) is 6.92 Å². The van der Waals surface area contributed by atoms with Gasteiger partial charge in [0, 0.05) is 18.1 Å². The lowest BCUT2D eigenvalue weighted by Crippen LogP contribution is -2.13. The van der Waals surface area contributed by atoms with Crippen LogP contribution in [-0.2, 0) is 0 Å². The second-order valence-electron chi connectivity index (χ2n) is 3.85. The van der Waals surface area contributed by atoms with Crippen LogP contribution in [0.25, 0.3) is 0 Å². The molecule has 0 saturated heterocycles. The van der Waals surface area contributed by atoms with Crippen molar-refractivity contribution in [3.05, 3.63) is 52.8 Å². The van der Waals surface area contributed by atoms with Gasteiger partial charge in [-0.1, -0.05) is 17.7 Å². The minimum Gasteiger partial charge on any atom is -0.398 e. The molecule has 5 heteroatoms. The Kier molecular flexibility index (Phi) is 3.48. The molecule has 0 fully saturated rings. The van der Waals surface area contributed by atoms with Crippen LogP contribution in [0.5, 0.6) is 0 Å². The zero-order valence-electron chi connectivity index (χ0n) is 9.77. The fourth-order valence-electron chi connectivity index (χ4n) is 1.53. The number of hydrogen-bond acceptors (Lipinski definition) is 3. The van der Waals surface area contributed by atoms with Crippen molar-refractivity contribution in [3.63, 3.8) is 0 Å². The van der Waals surface area contributed by atoms with E-state index in [1.807, 2.05) is 6.92 Å². The Morgan fingerprint density at radius 1 is 1.39 bits per heavy atom. The molecule has 0 aliphatic carbocycles. The molecule has 2 rings (SSSR count). The van der Waals surface area contributed by atoms with Crippen LogP contribution in [0.4, 0.5) is 11.4 Å². The molecule has 0 aliphatic rings. The van der Waals surface area contributed by atoms with E-state index in [1.165, 1.54) is 0 Å². The van der Waals surface area contributed by atoms with Crippen molar-refractivity contribution in [2.24, 2.45) is 0 Å². The summed E-state index contributed by atoms with van der Waals surface area (Å²) in [5.74, 6) is -0.290. The van der Waals surface area contributed by atoms with E-state index in [2.05, 4.69) is 10.3 Å². The van der Waals surface area contributed by atoms with Gasteiger partial charge < -0.3 is 11.1 Å². The van der Waals surface area contributed by atoms with E-state index in [0.717, 1.165) is 5.56 Å². The standard InChI is InChI=1S/C13H12ClN3O/c1-8-7-16-6-5-11(8)17-13(18)9-3-2-4-10(15)12(9)14/h2-7H,15H2,1H3,(H,16,17,18). The number of rotatable bonds is 2. The smallest absolute Gasteiger partial charge is 0.257 e. The predicted molar refractivity (Wildman–Crippen MR) is 72.8 cm³/mol. The topological polar surface area (TPSA) is 68.0 Å². The molecule has 0 bridgehead atoms. The van der Waals surface area contributed by atoms with Gasteiger partial charge in [-0.15, -0.1) is 0 Å². The normalized spacial score (nSPS) is 10.1. The average molecular weight is 262 g/mol. The van der Waals surface area contributed by atoms with Crippen LogP contribution in [0.2, 0.25) is 5.02 Å². The number of amides is 1. The number of carbonyl (C=O) groups is 1. The molecule has 0 radical (unpaired) electrons. The maximum atomic E-state index is 12.1. The van der Waals surface area contributed by atoms with Gasteiger partial charge in [0.25, 0.3) is 5.91 Å². The molecule has 0 spiro atoms. The van der Waals surface area contributed by atoms with E-state index in [1.54, 1.807) is 36.7 Å². The van der Waals surface area contributed by atoms with Crippen molar-refractivity contribution in [1.82, 2.24) is 4.98 Å². The third kappa shape index (κ3) is 2.43. The number of carbonyl (C=O) groups excluding carboxylic acids is 1. The molecular formula is C13H12ClN3O. The van der Waals surface area contributed by atoms with Gasteiger partial charge in [0.1, 0.15) is 0 Å². The lowest BCUT2D eigenvalue weighted by atomic mass is 10.1. The molecule has 2 aromatic rings. The van der Waals surface area contributed by atoms with Crippen molar-refractivity contribution >= 4 is 28.9 Å². The van der Waals surface area contributed by atoms with E-state index in [0.29, 0.717) is 16.9 Å². The highest BCUT2D eigenvalue weighted by atomic mass is 35.5. The number of aromatic nitrogens is 1. The summed E-state index contributed by atoms with van der Waals surface area (Å²) >= 11 is 6.00. The van der Waals surface area contributed by atoms with Gasteiger partial charge in [-0.05, 0) is 30.7 Å². The molecule has 1 aromatic carbocycles. The van der Waals surface area contributed by atoms with Gasteiger partial charge in [-0.25, -0.2) is 0 Å². The highest BCUT2D eigenvalue weighted by Crippen LogP contribution is 2.24. The van der Waals surface area contributed by atoms with Crippen molar-refractivity contribution < 1.29 is 4.79 Å². The third-order valence-corrected chi connectivity index (χ3v) is 2.96. The molecule has 1 aromatic heterocycles. The van der Waals surface area contributed by atoms with Crippen LogP contribution >= 0.6 is 11.6 Å². The lowest BCUT2D eigenvalue weighted by Gasteiger charge is -2.09. The third-order valence-electron chi connectivity index (χ3n) is 2.54. The van der Waals surface area contributed by atoms with Crippen LogP contribution in [0.3, 0.4) is 0 Å². The molecule has 4 nitrogen and oxygen atoms in total. The summed E-state index contributed by atoms with van der Waals surface area (Å²) in [7, 11) is 0. The molecule has 92 valence electrons. The molecule has 0 atom stereocenters. The Morgan fingerprint density at radius 3 is 2.89 bits per heavy atom. The minimum atomic E-state index is -0.290. The van der Waals surface area contributed by atoms with Crippen molar-refractivity contribution in [2.75, 3.05) is 11.1 Å². The number of nitrogens with one attached hydrogen (secondary N) is 1. The zero-order chi connectivity index (χ0) is 13.1. The Labute approximate surface area is 110 Å². The van der Waals surface area contributed by atoms with Crippen LogP contribution in [0.15, 0.2) is 36.7 Å². The Hall–Kier alpha value is -2.07. The maximum Gasteiger partial charge on any atom is 0.257 e. The number of aryl methyl sites for hydroxylation is 1. The van der Waals surface area contributed by atoms with Gasteiger partial charge in [0.15, 0.2) is 0 Å². The first-order chi connectivity index (χ1) is 8.59. The molecular weight excluding hydrogens is 250 g/mol. The molecule has 3 N–H and O–H groups in total. The quantitative estimate of drug-likeness (QED) is 0.817. The van der Waals surface area contributed by atoms with Crippen molar-refractivity contribution in [3.8, 4) is 0 Å². The lowest BCUT2D eigenvalue weighted by molar-refractivity contribution is 0.102. The van der Waals surface area contributed by atoms with E-state index in [4.69, 9.17) is 17.3 Å². The van der Waals surface area contributed by atoms with Crippen LogP contribution in [0, 0.1) is 6.92 Å². The first-order valence-corrected chi connectivity index (χ1v) is 5.73. The van der Waals surface area contributed by atoms with Crippen LogP contribution in [-0.4, -0.2) is 10.9 Å². The van der Waals surface area contributed by atoms with E-state index in [9.17, 15) is 4.79 Å². The monoisotopic (exact) mass is 261 g/mol. The summed E-state index contributed by atoms with van der Waals surface area (Å²) in [6.45, 7) is 1.86. The first kappa shape index (κ1) is 12.4. The molecule has 0 aliphatic heterocycles. The second kappa shape index (κ2) is 5.06. The first-order valence-electron chi connectivity index (χ1n) is 5.35. The van der Waals surface area contributed by atoms with E-state index < -0.39 is 0 Å². The average Bonchev–Trinajstić information content (AvgIpc) is 2.35. The number of nitrogens with two attached hydrogens (primary N) is 1. The van der Waals surface area contributed by atoms with E-state index in [-0.39, 0.29) is 10.9 Å². The van der Waals surface area contributed by atoms with E-state index >= 15 is 0 Å². The summed E-state index contributed by atoms with van der Waals surface area (Å²) < 4.78 is 0. The number of halogens is 1. The zero-order valence-corrected chi connectivity index (χ0v) is 10.5. The number of nitrogens with zero attached hydrogens (tertiary/aromatic N) is 1. The van der Waals surface area contributed by atoms with Gasteiger partial charge in [-0.2, -0.15) is 0 Å². The Morgan fingerprint density at radius 2 is 2.17 bits per heavy atom. The minimum absolute atomic E-state index is 0.265. The SMILES string of the molecule is Cc1cnccc1NC(=O)c1cccc(N)c1Cl. The highest BCUT2D eigenvalue weighted by Gasteiger charge is 2.12. The number of benzene rings is 1. The number of anilines is 2. The molecule has 0 unspecified atom stereocenters. The fraction of sp³-hybridized carbons (Fsp3) is 0.0769. The van der Waals surface area contributed by atoms with Gasteiger partial charge >= 0.3 is 0 Å². The molecule has 0 saturated carbocycles. The number of pyridine rings is 1. The highest BCUT2D eigenvalue weighted by molar-refractivity contribution is 6.36.